The molecule has 0 bridgehead atoms. The topological polar surface area (TPSA) is 24.8 Å². The second-order valence-corrected chi connectivity index (χ2v) is 3.12. The Kier molecular flexibility index (Phi) is 7.16. The van der Waals surface area contributed by atoms with E-state index < -0.39 is 0 Å². The van der Waals surface area contributed by atoms with Crippen LogP contribution in [0.3, 0.4) is 0 Å². The molecular weight excluding hydrogens is 200 g/mol. The van der Waals surface area contributed by atoms with E-state index >= 15 is 0 Å². The number of halogens is 1. The van der Waals surface area contributed by atoms with Crippen LogP contribution < -0.4 is 0 Å². The first-order valence-corrected chi connectivity index (χ1v) is 4.46. The van der Waals surface area contributed by atoms with Crippen molar-refractivity contribution in [2.45, 2.75) is 6.42 Å². The van der Waals surface area contributed by atoms with Crippen molar-refractivity contribution in [3.63, 3.8) is 0 Å². The van der Waals surface area contributed by atoms with Gasteiger partial charge in [-0.3, -0.25) is 0 Å². The maximum absolute atomic E-state index is 4.91. The van der Waals surface area contributed by atoms with Crippen LogP contribution in [0.1, 0.15) is 6.42 Å². The molecule has 1 aliphatic heterocycles. The van der Waals surface area contributed by atoms with Crippen molar-refractivity contribution < 1.29 is 4.84 Å². The molecule has 0 radical (unpaired) electrons. The van der Waals surface area contributed by atoms with Gasteiger partial charge in [-0.25, -0.2) is 0 Å². The molecule has 1 rings (SSSR count). The summed E-state index contributed by atoms with van der Waals surface area (Å²) < 4.78 is 0. The van der Waals surface area contributed by atoms with Crippen molar-refractivity contribution in [1.29, 1.82) is 0 Å². The Morgan fingerprint density at radius 1 is 1.71 bits per heavy atom. The molecule has 0 aromatic heterocycles. The van der Waals surface area contributed by atoms with Crippen molar-refractivity contribution in [2.75, 3.05) is 26.7 Å². The summed E-state index contributed by atoms with van der Waals surface area (Å²) >= 11 is 0. The molecule has 3 nitrogen and oxygen atoms in total. The zero-order valence-corrected chi connectivity index (χ0v) is 9.30. The summed E-state index contributed by atoms with van der Waals surface area (Å²) in [5.74, 6) is 0. The molecule has 0 saturated heterocycles. The molecule has 1 heterocycles. The second kappa shape index (κ2) is 7.59. The largest absolute Gasteiger partial charge is 0.392 e. The summed E-state index contributed by atoms with van der Waals surface area (Å²) in [5.41, 5.74) is 1.22. The predicted octanol–water partition coefficient (Wildman–Crippen LogP) is 1.86. The van der Waals surface area contributed by atoms with E-state index in [-0.39, 0.29) is 12.4 Å². The lowest BCUT2D eigenvalue weighted by Gasteiger charge is -2.20. The normalized spacial score (nSPS) is 17.4. The molecule has 1 aliphatic rings. The smallest absolute Gasteiger partial charge is 0.135 e. The lowest BCUT2D eigenvalue weighted by molar-refractivity contribution is 0.176. The molecule has 0 fully saturated rings. The van der Waals surface area contributed by atoms with Crippen molar-refractivity contribution in [3.8, 4) is 0 Å². The van der Waals surface area contributed by atoms with Crippen LogP contribution in [0.5, 0.6) is 0 Å². The van der Waals surface area contributed by atoms with Crippen molar-refractivity contribution in [3.05, 3.63) is 24.3 Å². The van der Waals surface area contributed by atoms with Crippen LogP contribution in [0.15, 0.2) is 29.5 Å². The SMILES string of the molecule is C=CCO/N=C/C1=CCCN(C)C1.Cl. The Bertz CT molecular complexity index is 226. The molecular formula is C10H17ClN2O. The predicted molar refractivity (Wildman–Crippen MR) is 62.1 cm³/mol. The van der Waals surface area contributed by atoms with E-state index in [0.717, 1.165) is 19.5 Å². The molecule has 0 aliphatic carbocycles. The molecule has 0 amide bonds. The third kappa shape index (κ3) is 5.04. The average Bonchev–Trinajstić information content (AvgIpc) is 2.13. The van der Waals surface area contributed by atoms with E-state index in [0.29, 0.717) is 6.61 Å². The number of hydrogen-bond acceptors (Lipinski definition) is 3. The zero-order chi connectivity index (χ0) is 9.52. The van der Waals surface area contributed by atoms with Gasteiger partial charge in [-0.05, 0) is 19.0 Å². The van der Waals surface area contributed by atoms with Gasteiger partial charge in [0.05, 0.1) is 6.21 Å². The maximum Gasteiger partial charge on any atom is 0.135 e. The number of oxime groups is 1. The monoisotopic (exact) mass is 216 g/mol. The van der Waals surface area contributed by atoms with Gasteiger partial charge in [-0.2, -0.15) is 0 Å². The van der Waals surface area contributed by atoms with Crippen LogP contribution in [0, 0.1) is 0 Å². The van der Waals surface area contributed by atoms with Crippen molar-refractivity contribution in [2.24, 2.45) is 5.16 Å². The Labute approximate surface area is 91.5 Å². The first-order chi connectivity index (χ1) is 6.33. The first-order valence-electron chi connectivity index (χ1n) is 4.46. The van der Waals surface area contributed by atoms with Gasteiger partial charge >= 0.3 is 0 Å². The van der Waals surface area contributed by atoms with Crippen LogP contribution in [0.4, 0.5) is 0 Å². The fourth-order valence-corrected chi connectivity index (χ4v) is 1.22. The lowest BCUT2D eigenvalue weighted by atomic mass is 10.1. The fraction of sp³-hybridized carbons (Fsp3) is 0.500. The molecule has 14 heavy (non-hydrogen) atoms. The van der Waals surface area contributed by atoms with Gasteiger partial charge in [-0.1, -0.05) is 23.9 Å². The maximum atomic E-state index is 4.91. The quantitative estimate of drug-likeness (QED) is 0.310. The third-order valence-corrected chi connectivity index (χ3v) is 1.86. The van der Waals surface area contributed by atoms with E-state index in [9.17, 15) is 0 Å². The first kappa shape index (κ1) is 13.2. The number of likely N-dealkylation sites (N-methyl/N-ethyl adjacent to an activating group) is 1. The van der Waals surface area contributed by atoms with Crippen LogP contribution >= 0.6 is 12.4 Å². The Morgan fingerprint density at radius 3 is 3.14 bits per heavy atom. The number of nitrogens with zero attached hydrogens (tertiary/aromatic N) is 2. The van der Waals surface area contributed by atoms with Crippen LogP contribution in [0.25, 0.3) is 0 Å². The summed E-state index contributed by atoms with van der Waals surface area (Å²) in [6, 6.07) is 0. The summed E-state index contributed by atoms with van der Waals surface area (Å²) in [4.78, 5) is 7.17. The molecule has 0 aromatic rings. The lowest BCUT2D eigenvalue weighted by Crippen LogP contribution is -2.25. The van der Waals surface area contributed by atoms with Crippen molar-refractivity contribution in [1.82, 2.24) is 4.90 Å². The number of hydrogen-bond donors (Lipinski definition) is 0. The number of rotatable bonds is 4. The van der Waals surface area contributed by atoms with Gasteiger partial charge in [0.15, 0.2) is 0 Å². The van der Waals surface area contributed by atoms with E-state index in [1.165, 1.54) is 5.57 Å². The van der Waals surface area contributed by atoms with Crippen LogP contribution in [0.2, 0.25) is 0 Å². The second-order valence-electron chi connectivity index (χ2n) is 3.12. The molecule has 0 N–H and O–H groups in total. The highest BCUT2D eigenvalue weighted by Gasteiger charge is 2.05. The Balaban J connectivity index is 0.00000169. The molecule has 0 aromatic carbocycles. The van der Waals surface area contributed by atoms with Gasteiger partial charge in [0.1, 0.15) is 6.61 Å². The highest BCUT2D eigenvalue weighted by Crippen LogP contribution is 2.05. The molecule has 0 saturated carbocycles. The molecule has 4 heteroatoms. The van der Waals surface area contributed by atoms with Gasteiger partial charge in [0.25, 0.3) is 0 Å². The molecule has 0 spiro atoms. The minimum absolute atomic E-state index is 0. The summed E-state index contributed by atoms with van der Waals surface area (Å²) in [6.45, 7) is 6.10. The third-order valence-electron chi connectivity index (χ3n) is 1.86. The Morgan fingerprint density at radius 2 is 2.50 bits per heavy atom. The zero-order valence-electron chi connectivity index (χ0n) is 8.48. The van der Waals surface area contributed by atoms with Gasteiger partial charge in [0.2, 0.25) is 0 Å². The average molecular weight is 217 g/mol. The van der Waals surface area contributed by atoms with E-state index in [4.69, 9.17) is 4.84 Å². The van der Waals surface area contributed by atoms with Gasteiger partial charge < -0.3 is 9.74 Å². The molecule has 0 atom stereocenters. The minimum Gasteiger partial charge on any atom is -0.392 e. The Hall–Kier alpha value is -0.800. The van der Waals surface area contributed by atoms with E-state index in [2.05, 4.69) is 29.8 Å². The van der Waals surface area contributed by atoms with E-state index in [1.807, 2.05) is 0 Å². The summed E-state index contributed by atoms with van der Waals surface area (Å²) in [5, 5.41) is 3.83. The summed E-state index contributed by atoms with van der Waals surface area (Å²) in [6.07, 6.45) is 6.75. The standard InChI is InChI=1S/C10H16N2O.ClH/c1-3-7-13-11-8-10-5-4-6-12(2)9-10;/h3,5,8H,1,4,6-7,9H2,2H3;1H/b11-8+;. The highest BCUT2D eigenvalue weighted by molar-refractivity contribution is 5.85. The van der Waals surface area contributed by atoms with Crippen LogP contribution in [-0.2, 0) is 4.84 Å². The van der Waals surface area contributed by atoms with E-state index in [1.54, 1.807) is 12.3 Å². The fourth-order valence-electron chi connectivity index (χ4n) is 1.22. The van der Waals surface area contributed by atoms with Gasteiger partial charge in [-0.15, -0.1) is 12.4 Å². The highest BCUT2D eigenvalue weighted by atomic mass is 35.5. The summed E-state index contributed by atoms with van der Waals surface area (Å²) in [7, 11) is 2.10. The minimum atomic E-state index is 0. The van der Waals surface area contributed by atoms with Crippen LogP contribution in [-0.4, -0.2) is 37.9 Å². The van der Waals surface area contributed by atoms with Gasteiger partial charge in [0, 0.05) is 13.1 Å². The molecule has 0 unspecified atom stereocenters. The molecule has 80 valence electrons. The van der Waals surface area contributed by atoms with Crippen molar-refractivity contribution >= 4 is 18.6 Å².